The van der Waals surface area contributed by atoms with E-state index in [1.807, 2.05) is 29.2 Å². The second-order valence-electron chi connectivity index (χ2n) is 6.56. The largest absolute Gasteiger partial charge is 0.493 e. The number of carbonyl (C=O) groups excluding carboxylic acids is 1. The molecule has 1 amide bonds. The summed E-state index contributed by atoms with van der Waals surface area (Å²) in [7, 11) is 0. The van der Waals surface area contributed by atoms with Gasteiger partial charge in [-0.15, -0.1) is 0 Å². The van der Waals surface area contributed by atoms with Crippen LogP contribution in [0.5, 0.6) is 5.75 Å². The smallest absolute Gasteiger partial charge is 0.225 e. The van der Waals surface area contributed by atoms with E-state index < -0.39 is 0 Å². The number of carbonyl (C=O) groups is 1. The van der Waals surface area contributed by atoms with Gasteiger partial charge in [0, 0.05) is 23.6 Å². The van der Waals surface area contributed by atoms with E-state index in [1.165, 1.54) is 19.4 Å². The highest BCUT2D eigenvalue weighted by Gasteiger charge is 2.25. The highest BCUT2D eigenvalue weighted by molar-refractivity contribution is 9.10. The first-order valence-electron chi connectivity index (χ1n) is 8.60. The van der Waals surface area contributed by atoms with Gasteiger partial charge in [-0.05, 0) is 56.3 Å². The molecule has 3 rings (SSSR count). The van der Waals surface area contributed by atoms with E-state index in [4.69, 9.17) is 4.74 Å². The van der Waals surface area contributed by atoms with E-state index in [2.05, 4.69) is 21.2 Å². The Bertz CT molecular complexity index is 526. The molecule has 0 unspecified atom stereocenters. The minimum Gasteiger partial charge on any atom is -0.493 e. The first kappa shape index (κ1) is 16.8. The standard InChI is InChI=1S/C18H25BrN2O2/c19-15-2-1-3-17(12-15)23-11-8-18(22)21-9-6-16(7-10-21)20-13-14-4-5-14/h1-3,12,14,16,20H,4-11,13H2. The van der Waals surface area contributed by atoms with E-state index >= 15 is 0 Å². The van der Waals surface area contributed by atoms with Crippen molar-refractivity contribution >= 4 is 21.8 Å². The van der Waals surface area contributed by atoms with Crippen LogP contribution in [0.25, 0.3) is 0 Å². The van der Waals surface area contributed by atoms with Crippen LogP contribution < -0.4 is 10.1 Å². The third-order valence-electron chi connectivity index (χ3n) is 4.62. The molecule has 1 aromatic carbocycles. The van der Waals surface area contributed by atoms with E-state index in [0.717, 1.165) is 42.1 Å². The molecular formula is C18H25BrN2O2. The second kappa shape index (κ2) is 8.15. The molecule has 4 nitrogen and oxygen atoms in total. The van der Waals surface area contributed by atoms with Gasteiger partial charge >= 0.3 is 0 Å². The lowest BCUT2D eigenvalue weighted by Gasteiger charge is -2.32. The zero-order chi connectivity index (χ0) is 16.1. The van der Waals surface area contributed by atoms with E-state index in [0.29, 0.717) is 19.1 Å². The Labute approximate surface area is 146 Å². The summed E-state index contributed by atoms with van der Waals surface area (Å²) in [6, 6.07) is 8.31. The average molecular weight is 381 g/mol. The van der Waals surface area contributed by atoms with Crippen molar-refractivity contribution in [2.24, 2.45) is 5.92 Å². The molecule has 2 aliphatic rings. The maximum Gasteiger partial charge on any atom is 0.225 e. The number of nitrogens with zero attached hydrogens (tertiary/aromatic N) is 1. The number of piperidine rings is 1. The zero-order valence-electron chi connectivity index (χ0n) is 13.5. The molecule has 2 fully saturated rings. The Kier molecular flexibility index (Phi) is 5.95. The van der Waals surface area contributed by atoms with E-state index in [1.54, 1.807) is 0 Å². The van der Waals surface area contributed by atoms with Gasteiger partial charge in [0.25, 0.3) is 0 Å². The van der Waals surface area contributed by atoms with Crippen molar-refractivity contribution in [3.05, 3.63) is 28.7 Å². The normalized spacial score (nSPS) is 18.9. The van der Waals surface area contributed by atoms with Gasteiger partial charge in [-0.3, -0.25) is 4.79 Å². The van der Waals surface area contributed by atoms with Gasteiger partial charge in [0.05, 0.1) is 13.0 Å². The molecular weight excluding hydrogens is 356 g/mol. The molecule has 0 atom stereocenters. The summed E-state index contributed by atoms with van der Waals surface area (Å²) >= 11 is 3.42. The summed E-state index contributed by atoms with van der Waals surface area (Å²) in [6.07, 6.45) is 5.38. The molecule has 23 heavy (non-hydrogen) atoms. The molecule has 1 aliphatic carbocycles. The number of hydrogen-bond acceptors (Lipinski definition) is 3. The molecule has 1 heterocycles. The SMILES string of the molecule is O=C(CCOc1cccc(Br)c1)N1CCC(NCC2CC2)CC1. The molecule has 0 aromatic heterocycles. The highest BCUT2D eigenvalue weighted by Crippen LogP contribution is 2.28. The van der Waals surface area contributed by atoms with Crippen LogP contribution in [0.15, 0.2) is 28.7 Å². The zero-order valence-corrected chi connectivity index (χ0v) is 15.1. The van der Waals surface area contributed by atoms with Gasteiger partial charge in [0.1, 0.15) is 5.75 Å². The highest BCUT2D eigenvalue weighted by atomic mass is 79.9. The maximum absolute atomic E-state index is 12.3. The molecule has 1 saturated carbocycles. The van der Waals surface area contributed by atoms with Gasteiger partial charge in [-0.25, -0.2) is 0 Å². The van der Waals surface area contributed by atoms with Crippen LogP contribution in [-0.2, 0) is 4.79 Å². The van der Waals surface area contributed by atoms with Crippen LogP contribution in [0, 0.1) is 5.92 Å². The summed E-state index contributed by atoms with van der Waals surface area (Å²) in [5.74, 6) is 1.93. The Balaban J connectivity index is 1.32. The third-order valence-corrected chi connectivity index (χ3v) is 5.11. The second-order valence-corrected chi connectivity index (χ2v) is 7.48. The Morgan fingerprint density at radius 1 is 1.26 bits per heavy atom. The predicted octanol–water partition coefficient (Wildman–Crippen LogP) is 3.21. The number of rotatable bonds is 7. The number of likely N-dealkylation sites (tertiary alicyclic amines) is 1. The first-order chi connectivity index (χ1) is 11.2. The van der Waals surface area contributed by atoms with Gasteiger partial charge in [-0.2, -0.15) is 0 Å². The Hall–Kier alpha value is -1.07. The van der Waals surface area contributed by atoms with E-state index in [9.17, 15) is 4.79 Å². The summed E-state index contributed by atoms with van der Waals surface area (Å²) < 4.78 is 6.64. The minimum absolute atomic E-state index is 0.209. The fourth-order valence-corrected chi connectivity index (χ4v) is 3.34. The van der Waals surface area contributed by atoms with Crippen LogP contribution in [0.3, 0.4) is 0 Å². The van der Waals surface area contributed by atoms with Crippen molar-refractivity contribution in [3.63, 3.8) is 0 Å². The number of ether oxygens (including phenoxy) is 1. The lowest BCUT2D eigenvalue weighted by molar-refractivity contribution is -0.132. The summed E-state index contributed by atoms with van der Waals surface area (Å²) in [5.41, 5.74) is 0. The Morgan fingerprint density at radius 2 is 2.04 bits per heavy atom. The van der Waals surface area contributed by atoms with Crippen molar-refractivity contribution < 1.29 is 9.53 Å². The number of hydrogen-bond donors (Lipinski definition) is 1. The van der Waals surface area contributed by atoms with Gasteiger partial charge in [0.15, 0.2) is 0 Å². The number of halogens is 1. The van der Waals surface area contributed by atoms with Crippen molar-refractivity contribution in [2.75, 3.05) is 26.2 Å². The van der Waals surface area contributed by atoms with Crippen molar-refractivity contribution in [3.8, 4) is 5.75 Å². The van der Waals surface area contributed by atoms with Crippen LogP contribution in [-0.4, -0.2) is 43.1 Å². The molecule has 0 spiro atoms. The molecule has 126 valence electrons. The first-order valence-corrected chi connectivity index (χ1v) is 9.39. The molecule has 1 aromatic rings. The van der Waals surface area contributed by atoms with Gasteiger partial charge in [0.2, 0.25) is 5.91 Å². The fraction of sp³-hybridized carbons (Fsp3) is 0.611. The van der Waals surface area contributed by atoms with Crippen molar-refractivity contribution in [2.45, 2.75) is 38.1 Å². The Morgan fingerprint density at radius 3 is 2.74 bits per heavy atom. The molecule has 1 N–H and O–H groups in total. The topological polar surface area (TPSA) is 41.6 Å². The van der Waals surface area contributed by atoms with Gasteiger partial charge < -0.3 is 15.0 Å². The number of nitrogens with one attached hydrogen (secondary N) is 1. The summed E-state index contributed by atoms with van der Waals surface area (Å²) in [6.45, 7) is 3.35. The molecule has 0 bridgehead atoms. The molecule has 5 heteroatoms. The fourth-order valence-electron chi connectivity index (χ4n) is 2.96. The lowest BCUT2D eigenvalue weighted by atomic mass is 10.0. The van der Waals surface area contributed by atoms with Crippen LogP contribution >= 0.6 is 15.9 Å². The van der Waals surface area contributed by atoms with E-state index in [-0.39, 0.29) is 5.91 Å². The molecule has 0 radical (unpaired) electrons. The number of amides is 1. The van der Waals surface area contributed by atoms with Crippen molar-refractivity contribution in [1.82, 2.24) is 10.2 Å². The predicted molar refractivity (Wildman–Crippen MR) is 94.6 cm³/mol. The van der Waals surface area contributed by atoms with Crippen molar-refractivity contribution in [1.29, 1.82) is 0 Å². The molecule has 1 aliphatic heterocycles. The average Bonchev–Trinajstić information content (AvgIpc) is 3.38. The summed E-state index contributed by atoms with van der Waals surface area (Å²) in [4.78, 5) is 14.2. The minimum atomic E-state index is 0.209. The van der Waals surface area contributed by atoms with Crippen LogP contribution in [0.4, 0.5) is 0 Å². The number of benzene rings is 1. The quantitative estimate of drug-likeness (QED) is 0.789. The molecule has 1 saturated heterocycles. The third kappa shape index (κ3) is 5.50. The maximum atomic E-state index is 12.3. The van der Waals surface area contributed by atoms with Gasteiger partial charge in [-0.1, -0.05) is 22.0 Å². The monoisotopic (exact) mass is 380 g/mol. The van der Waals surface area contributed by atoms with Crippen LogP contribution in [0.2, 0.25) is 0 Å². The van der Waals surface area contributed by atoms with Crippen LogP contribution in [0.1, 0.15) is 32.1 Å². The summed E-state index contributed by atoms with van der Waals surface area (Å²) in [5, 5.41) is 3.65. The lowest BCUT2D eigenvalue weighted by Crippen LogP contribution is -2.45.